The van der Waals surface area contributed by atoms with Gasteiger partial charge in [-0.1, -0.05) is 96.9 Å². The molecule has 0 atom stereocenters. The van der Waals surface area contributed by atoms with E-state index in [0.717, 1.165) is 60.2 Å². The van der Waals surface area contributed by atoms with Gasteiger partial charge in [0.1, 0.15) is 11.2 Å². The smallest absolute Gasteiger partial charge is 0.136 e. The topological polar surface area (TPSA) is 13.1 Å². The van der Waals surface area contributed by atoms with Crippen molar-refractivity contribution in [3.8, 4) is 22.3 Å². The Morgan fingerprint density at radius 3 is 1.82 bits per heavy atom. The third-order valence-corrected chi connectivity index (χ3v) is 6.68. The van der Waals surface area contributed by atoms with Gasteiger partial charge in [-0.2, -0.15) is 0 Å². The fraction of sp³-hybridized carbons (Fsp3) is 0.0303. The summed E-state index contributed by atoms with van der Waals surface area (Å²) in [7, 11) is 0. The molecule has 0 saturated heterocycles. The zero-order chi connectivity index (χ0) is 27.0. The Hall–Kier alpha value is -4.36. The molecule has 160 valence electrons. The fourth-order valence-electron chi connectivity index (χ4n) is 5.24. The van der Waals surface area contributed by atoms with Crippen LogP contribution in [0.5, 0.6) is 0 Å². The van der Waals surface area contributed by atoms with Gasteiger partial charge < -0.3 is 4.42 Å². The van der Waals surface area contributed by atoms with Gasteiger partial charge in [0.15, 0.2) is 0 Å². The molecule has 0 radical (unpaired) electrons. The molecule has 0 fully saturated rings. The highest BCUT2D eigenvalue weighted by Gasteiger charge is 2.17. The van der Waals surface area contributed by atoms with E-state index in [9.17, 15) is 0 Å². The predicted octanol–water partition coefficient (Wildman–Crippen LogP) is 9.53. The first kappa shape index (κ1) is 14.7. The van der Waals surface area contributed by atoms with Crippen molar-refractivity contribution >= 4 is 43.5 Å². The number of aryl methyl sites for hydroxylation is 1. The second-order valence-electron chi connectivity index (χ2n) is 8.60. The normalized spacial score (nSPS) is 13.7. The van der Waals surface area contributed by atoms with Crippen molar-refractivity contribution in [2.75, 3.05) is 0 Å². The summed E-state index contributed by atoms with van der Waals surface area (Å²) >= 11 is 0. The molecule has 1 nitrogen and oxygen atoms in total. The fourth-order valence-corrected chi connectivity index (χ4v) is 5.24. The molecule has 0 aliphatic carbocycles. The lowest BCUT2D eigenvalue weighted by atomic mass is 9.86. The lowest BCUT2D eigenvalue weighted by Crippen LogP contribution is -1.90. The van der Waals surface area contributed by atoms with Crippen LogP contribution in [0.15, 0.2) is 120 Å². The molecule has 0 N–H and O–H groups in total. The second kappa shape index (κ2) is 7.33. The summed E-state index contributed by atoms with van der Waals surface area (Å²) in [4.78, 5) is 0. The highest BCUT2D eigenvalue weighted by atomic mass is 16.3. The van der Waals surface area contributed by atoms with Crippen LogP contribution in [0.2, 0.25) is 0 Å². The quantitative estimate of drug-likeness (QED) is 0.244. The molecule has 0 spiro atoms. The SMILES string of the molecule is [2H]c1c([2H])c([2H])c(-c2c3ccccc3c(-c3ccc4c(c3)oc3cccc(C)c34)c3ccccc23)c([2H])c1[2H]. The van der Waals surface area contributed by atoms with Crippen LogP contribution in [0, 0.1) is 6.92 Å². The molecule has 34 heavy (non-hydrogen) atoms. The Kier molecular flexibility index (Phi) is 3.17. The molecule has 0 saturated carbocycles. The summed E-state index contributed by atoms with van der Waals surface area (Å²) in [6.07, 6.45) is 0. The first-order valence-electron chi connectivity index (χ1n) is 13.8. The molecule has 0 bridgehead atoms. The van der Waals surface area contributed by atoms with Gasteiger partial charge in [0.25, 0.3) is 0 Å². The van der Waals surface area contributed by atoms with Crippen LogP contribution in [-0.4, -0.2) is 0 Å². The molecule has 6 aromatic carbocycles. The maximum Gasteiger partial charge on any atom is 0.136 e. The Bertz CT molecular complexity index is 2060. The van der Waals surface area contributed by atoms with Crippen LogP contribution in [-0.2, 0) is 0 Å². The second-order valence-corrected chi connectivity index (χ2v) is 8.60. The van der Waals surface area contributed by atoms with E-state index >= 15 is 0 Å². The molecule has 0 amide bonds. The van der Waals surface area contributed by atoms with Crippen LogP contribution in [0.4, 0.5) is 0 Å². The minimum atomic E-state index is -0.395. The zero-order valence-electron chi connectivity index (χ0n) is 23.5. The van der Waals surface area contributed by atoms with Crippen LogP contribution in [0.3, 0.4) is 0 Å². The number of fused-ring (bicyclic) bond motifs is 5. The van der Waals surface area contributed by atoms with Gasteiger partial charge in [0.2, 0.25) is 0 Å². The van der Waals surface area contributed by atoms with Gasteiger partial charge >= 0.3 is 0 Å². The van der Waals surface area contributed by atoms with E-state index < -0.39 is 6.04 Å². The summed E-state index contributed by atoms with van der Waals surface area (Å²) in [5.74, 6) is 0. The Labute approximate surface area is 204 Å². The summed E-state index contributed by atoms with van der Waals surface area (Å²) in [6, 6.07) is 26.7. The maximum absolute atomic E-state index is 8.72. The van der Waals surface area contributed by atoms with E-state index in [-0.39, 0.29) is 29.7 Å². The van der Waals surface area contributed by atoms with Gasteiger partial charge in [-0.25, -0.2) is 0 Å². The number of furan rings is 1. The molecule has 0 aliphatic rings. The monoisotopic (exact) mass is 439 g/mol. The highest BCUT2D eigenvalue weighted by Crippen LogP contribution is 2.44. The van der Waals surface area contributed by atoms with Crippen molar-refractivity contribution in [2.45, 2.75) is 6.92 Å². The van der Waals surface area contributed by atoms with Crippen molar-refractivity contribution in [1.29, 1.82) is 0 Å². The van der Waals surface area contributed by atoms with E-state index in [4.69, 9.17) is 11.3 Å². The summed E-state index contributed by atoms with van der Waals surface area (Å²) in [5, 5.41) is 5.70. The van der Waals surface area contributed by atoms with E-state index in [1.54, 1.807) is 0 Å². The molecule has 1 heteroatoms. The number of rotatable bonds is 2. The number of benzene rings is 6. The number of hydrogen-bond donors (Lipinski definition) is 0. The van der Waals surface area contributed by atoms with Crippen LogP contribution >= 0.6 is 0 Å². The summed E-state index contributed by atoms with van der Waals surface area (Å²) in [6.45, 7) is 2.09. The molecular weight excluding hydrogens is 412 g/mol. The Morgan fingerprint density at radius 1 is 0.559 bits per heavy atom. The molecule has 1 aromatic heterocycles. The molecular formula is C33H22O. The standard InChI is InChI=1S/C33H22O/c1-21-10-9-17-29-31(21)28-19-18-23(20-30(28)34-29)33-26-15-7-5-13-24(26)32(22-11-3-2-4-12-22)25-14-6-8-16-27(25)33/h2-20H,1H3/i2D,3D,4D,11D,12D. The first-order valence-corrected chi connectivity index (χ1v) is 11.3. The minimum absolute atomic E-state index is 0.205. The zero-order valence-corrected chi connectivity index (χ0v) is 18.5. The lowest BCUT2D eigenvalue weighted by molar-refractivity contribution is 0.669. The van der Waals surface area contributed by atoms with Crippen LogP contribution < -0.4 is 0 Å². The number of hydrogen-bond acceptors (Lipinski definition) is 1. The Morgan fingerprint density at radius 2 is 1.18 bits per heavy atom. The summed E-state index contributed by atoms with van der Waals surface area (Å²) < 4.78 is 48.4. The average molecular weight is 440 g/mol. The van der Waals surface area contributed by atoms with Crippen molar-refractivity contribution in [2.24, 2.45) is 0 Å². The van der Waals surface area contributed by atoms with Gasteiger partial charge in [0.05, 0.1) is 6.85 Å². The van der Waals surface area contributed by atoms with Crippen molar-refractivity contribution < 1.29 is 11.3 Å². The third kappa shape index (κ3) is 2.74. The maximum atomic E-state index is 8.72. The molecule has 7 aromatic rings. The van der Waals surface area contributed by atoms with Gasteiger partial charge in [-0.3, -0.25) is 0 Å². The van der Waals surface area contributed by atoms with Gasteiger partial charge in [-0.05, 0) is 74.5 Å². The van der Waals surface area contributed by atoms with Crippen molar-refractivity contribution in [1.82, 2.24) is 0 Å². The Balaban J connectivity index is 1.62. The molecule has 0 aliphatic heterocycles. The molecule has 0 unspecified atom stereocenters. The first-order chi connectivity index (χ1) is 18.9. The van der Waals surface area contributed by atoms with Gasteiger partial charge in [-0.15, -0.1) is 0 Å². The molecule has 1 heterocycles. The van der Waals surface area contributed by atoms with Gasteiger partial charge in [0, 0.05) is 10.8 Å². The third-order valence-electron chi connectivity index (χ3n) is 6.68. The van der Waals surface area contributed by atoms with E-state index in [0.29, 0.717) is 5.56 Å². The summed E-state index contributed by atoms with van der Waals surface area (Å²) in [5.41, 5.74) is 5.67. The molecule has 7 rings (SSSR count). The largest absolute Gasteiger partial charge is 0.456 e. The minimum Gasteiger partial charge on any atom is -0.456 e. The highest BCUT2D eigenvalue weighted by molar-refractivity contribution is 6.22. The van der Waals surface area contributed by atoms with E-state index in [1.165, 1.54) is 0 Å². The van der Waals surface area contributed by atoms with Crippen LogP contribution in [0.25, 0.3) is 65.7 Å². The van der Waals surface area contributed by atoms with E-state index in [1.807, 2.05) is 60.7 Å². The lowest BCUT2D eigenvalue weighted by Gasteiger charge is -2.17. The predicted molar refractivity (Wildman–Crippen MR) is 144 cm³/mol. The van der Waals surface area contributed by atoms with Crippen molar-refractivity contribution in [3.05, 3.63) is 121 Å². The van der Waals surface area contributed by atoms with Crippen molar-refractivity contribution in [3.63, 3.8) is 0 Å². The van der Waals surface area contributed by atoms with Crippen LogP contribution in [0.1, 0.15) is 12.4 Å². The average Bonchev–Trinajstić information content (AvgIpc) is 3.34. The van der Waals surface area contributed by atoms with E-state index in [2.05, 4.69) is 31.2 Å².